The summed E-state index contributed by atoms with van der Waals surface area (Å²) in [5.74, 6) is 1.88. The monoisotopic (exact) mass is 410 g/mol. The summed E-state index contributed by atoms with van der Waals surface area (Å²) < 4.78 is 33.0. The summed E-state index contributed by atoms with van der Waals surface area (Å²) in [5, 5.41) is 0. The van der Waals surface area contributed by atoms with E-state index in [4.69, 9.17) is 4.74 Å². The number of ether oxygens (including phenoxy) is 1. The van der Waals surface area contributed by atoms with Crippen molar-refractivity contribution in [3.05, 3.63) is 72.6 Å². The first-order valence-corrected chi connectivity index (χ1v) is 10.8. The number of aryl methyl sites for hydroxylation is 1. The van der Waals surface area contributed by atoms with Crippen molar-refractivity contribution in [2.45, 2.75) is 11.8 Å². The number of piperazine rings is 1. The molecule has 1 fully saturated rings. The highest BCUT2D eigenvalue weighted by atomic mass is 32.2. The molecule has 0 N–H and O–H groups in total. The second-order valence-electron chi connectivity index (χ2n) is 6.83. The van der Waals surface area contributed by atoms with Crippen LogP contribution < -0.4 is 9.64 Å². The second-order valence-corrected chi connectivity index (χ2v) is 8.77. The topological polar surface area (TPSA) is 75.6 Å². The summed E-state index contributed by atoms with van der Waals surface area (Å²) >= 11 is 0. The first-order chi connectivity index (χ1) is 14.0. The Labute approximate surface area is 170 Å². The Bertz CT molecular complexity index is 1060. The van der Waals surface area contributed by atoms with Crippen molar-refractivity contribution in [2.75, 3.05) is 31.1 Å². The molecular weight excluding hydrogens is 388 g/mol. The summed E-state index contributed by atoms with van der Waals surface area (Å²) in [4.78, 5) is 10.9. The molecule has 0 saturated carbocycles. The molecule has 0 amide bonds. The first-order valence-electron chi connectivity index (χ1n) is 9.39. The molecule has 2 heterocycles. The van der Waals surface area contributed by atoms with Crippen LogP contribution in [-0.4, -0.2) is 48.9 Å². The lowest BCUT2D eigenvalue weighted by atomic mass is 10.2. The minimum atomic E-state index is -3.48. The van der Waals surface area contributed by atoms with Gasteiger partial charge in [-0.25, -0.2) is 18.4 Å². The van der Waals surface area contributed by atoms with E-state index in [9.17, 15) is 8.42 Å². The fourth-order valence-corrected chi connectivity index (χ4v) is 4.61. The highest BCUT2D eigenvalue weighted by Crippen LogP contribution is 2.24. The minimum Gasteiger partial charge on any atom is -0.439 e. The van der Waals surface area contributed by atoms with Crippen molar-refractivity contribution in [2.24, 2.45) is 0 Å². The van der Waals surface area contributed by atoms with Crippen molar-refractivity contribution in [3.8, 4) is 11.6 Å². The molecule has 4 rings (SSSR count). The SMILES string of the molecule is Cc1ccc(S(=O)(=O)N2CCN(c3cc(Oc4ccccc4)ncn3)CC2)cc1. The maximum atomic E-state index is 12.9. The third kappa shape index (κ3) is 4.38. The molecule has 7 nitrogen and oxygen atoms in total. The van der Waals surface area contributed by atoms with Gasteiger partial charge in [-0.1, -0.05) is 35.9 Å². The average Bonchev–Trinajstić information content (AvgIpc) is 2.75. The van der Waals surface area contributed by atoms with Crippen LogP contribution in [0.4, 0.5) is 5.82 Å². The molecule has 0 atom stereocenters. The number of hydrogen-bond acceptors (Lipinski definition) is 6. The quantitative estimate of drug-likeness (QED) is 0.643. The lowest BCUT2D eigenvalue weighted by molar-refractivity contribution is 0.383. The van der Waals surface area contributed by atoms with E-state index in [0.717, 1.165) is 11.4 Å². The third-order valence-electron chi connectivity index (χ3n) is 4.81. The Balaban J connectivity index is 1.43. The fraction of sp³-hybridized carbons (Fsp3) is 0.238. The van der Waals surface area contributed by atoms with Crippen LogP contribution in [0.25, 0.3) is 0 Å². The van der Waals surface area contributed by atoms with Gasteiger partial charge in [-0.3, -0.25) is 0 Å². The molecule has 1 saturated heterocycles. The number of sulfonamides is 1. The number of anilines is 1. The Morgan fingerprint density at radius 1 is 0.897 bits per heavy atom. The van der Waals surface area contributed by atoms with Gasteiger partial charge in [0, 0.05) is 32.2 Å². The van der Waals surface area contributed by atoms with E-state index in [1.165, 1.54) is 10.6 Å². The summed E-state index contributed by atoms with van der Waals surface area (Å²) in [6, 6.07) is 18.2. The number of benzene rings is 2. The molecule has 1 aromatic heterocycles. The van der Waals surface area contributed by atoms with Gasteiger partial charge in [0.05, 0.1) is 4.90 Å². The van der Waals surface area contributed by atoms with Crippen molar-refractivity contribution in [1.29, 1.82) is 0 Å². The number of para-hydroxylation sites is 1. The van der Waals surface area contributed by atoms with Crippen molar-refractivity contribution in [1.82, 2.24) is 14.3 Å². The van der Waals surface area contributed by atoms with Crippen LogP contribution in [0.15, 0.2) is 71.9 Å². The molecule has 1 aliphatic heterocycles. The zero-order valence-corrected chi connectivity index (χ0v) is 16.9. The van der Waals surface area contributed by atoms with E-state index in [-0.39, 0.29) is 0 Å². The van der Waals surface area contributed by atoms with Crippen molar-refractivity contribution < 1.29 is 13.2 Å². The van der Waals surface area contributed by atoms with Gasteiger partial charge in [-0.15, -0.1) is 0 Å². The molecule has 0 bridgehead atoms. The van der Waals surface area contributed by atoms with Gasteiger partial charge < -0.3 is 9.64 Å². The smallest absolute Gasteiger partial charge is 0.243 e. The Hall–Kier alpha value is -2.97. The normalized spacial score (nSPS) is 15.3. The molecular formula is C21H22N4O3S. The molecule has 0 radical (unpaired) electrons. The maximum absolute atomic E-state index is 12.9. The number of aromatic nitrogens is 2. The molecule has 8 heteroatoms. The van der Waals surface area contributed by atoms with E-state index in [1.54, 1.807) is 18.2 Å². The molecule has 150 valence electrons. The zero-order chi connectivity index (χ0) is 20.3. The number of rotatable bonds is 5. The molecule has 1 aliphatic rings. The maximum Gasteiger partial charge on any atom is 0.243 e. The van der Waals surface area contributed by atoms with E-state index in [0.29, 0.717) is 42.7 Å². The highest BCUT2D eigenvalue weighted by molar-refractivity contribution is 7.89. The van der Waals surface area contributed by atoms with E-state index < -0.39 is 10.0 Å². The molecule has 3 aromatic rings. The fourth-order valence-electron chi connectivity index (χ4n) is 3.18. The molecule has 0 spiro atoms. The van der Waals surface area contributed by atoms with Crippen LogP contribution in [-0.2, 0) is 10.0 Å². The summed E-state index contributed by atoms with van der Waals surface area (Å²) in [5.41, 5.74) is 1.03. The van der Waals surface area contributed by atoms with Gasteiger partial charge in [0.25, 0.3) is 0 Å². The van der Waals surface area contributed by atoms with Crippen LogP contribution in [0.5, 0.6) is 11.6 Å². The molecule has 0 aliphatic carbocycles. The lowest BCUT2D eigenvalue weighted by Gasteiger charge is -2.34. The van der Waals surface area contributed by atoms with Crippen LogP contribution in [0.2, 0.25) is 0 Å². The highest BCUT2D eigenvalue weighted by Gasteiger charge is 2.29. The van der Waals surface area contributed by atoms with Gasteiger partial charge >= 0.3 is 0 Å². The lowest BCUT2D eigenvalue weighted by Crippen LogP contribution is -2.48. The summed E-state index contributed by atoms with van der Waals surface area (Å²) in [6.45, 7) is 3.83. The summed E-state index contributed by atoms with van der Waals surface area (Å²) in [7, 11) is -3.48. The zero-order valence-electron chi connectivity index (χ0n) is 16.1. The van der Waals surface area contributed by atoms with Gasteiger partial charge in [0.1, 0.15) is 17.9 Å². The van der Waals surface area contributed by atoms with E-state index in [2.05, 4.69) is 9.97 Å². The van der Waals surface area contributed by atoms with Gasteiger partial charge in [-0.2, -0.15) is 4.31 Å². The largest absolute Gasteiger partial charge is 0.439 e. The Kier molecular flexibility index (Phi) is 5.46. The Morgan fingerprint density at radius 3 is 2.28 bits per heavy atom. The first kappa shape index (κ1) is 19.4. The number of hydrogen-bond donors (Lipinski definition) is 0. The number of nitrogens with zero attached hydrogens (tertiary/aromatic N) is 4. The molecule has 29 heavy (non-hydrogen) atoms. The van der Waals surface area contributed by atoms with Crippen molar-refractivity contribution in [3.63, 3.8) is 0 Å². The second kappa shape index (κ2) is 8.18. The average molecular weight is 410 g/mol. The van der Waals surface area contributed by atoms with Crippen LogP contribution in [0, 0.1) is 6.92 Å². The predicted molar refractivity (Wildman–Crippen MR) is 111 cm³/mol. The summed E-state index contributed by atoms with van der Waals surface area (Å²) in [6.07, 6.45) is 1.46. The van der Waals surface area contributed by atoms with Crippen molar-refractivity contribution >= 4 is 15.8 Å². The third-order valence-corrected chi connectivity index (χ3v) is 6.73. The van der Waals surface area contributed by atoms with Crippen LogP contribution in [0.1, 0.15) is 5.56 Å². The standard InChI is InChI=1S/C21H22N4O3S/c1-17-7-9-19(10-8-17)29(26,27)25-13-11-24(12-14-25)20-15-21(23-16-22-20)28-18-5-3-2-4-6-18/h2-10,15-16H,11-14H2,1H3. The van der Waals surface area contributed by atoms with Crippen LogP contribution in [0.3, 0.4) is 0 Å². The molecule has 2 aromatic carbocycles. The minimum absolute atomic E-state index is 0.331. The van der Waals surface area contributed by atoms with E-state index >= 15 is 0 Å². The van der Waals surface area contributed by atoms with Gasteiger partial charge in [0.2, 0.25) is 15.9 Å². The predicted octanol–water partition coefficient (Wildman–Crippen LogP) is 3.09. The molecule has 0 unspecified atom stereocenters. The van der Waals surface area contributed by atoms with E-state index in [1.807, 2.05) is 54.3 Å². The van der Waals surface area contributed by atoms with Gasteiger partial charge in [-0.05, 0) is 31.2 Å². The van der Waals surface area contributed by atoms with Gasteiger partial charge in [0.15, 0.2) is 0 Å². The Morgan fingerprint density at radius 2 is 1.59 bits per heavy atom. The van der Waals surface area contributed by atoms with Crippen LogP contribution >= 0.6 is 0 Å².